The molecule has 1 fully saturated rings. The smallest absolute Gasteiger partial charge is 0.266 e. The summed E-state index contributed by atoms with van der Waals surface area (Å²) in [5.74, 6) is 0.548. The van der Waals surface area contributed by atoms with Crippen molar-refractivity contribution in [1.82, 2.24) is 25.2 Å². The maximum absolute atomic E-state index is 12.7. The van der Waals surface area contributed by atoms with Gasteiger partial charge >= 0.3 is 0 Å². The number of carbonyl (C=O) groups is 1. The molecule has 134 valence electrons. The fraction of sp³-hybridized carbons (Fsp3) is 0.353. The largest absolute Gasteiger partial charge is 0.354 e. The maximum atomic E-state index is 12.7. The minimum Gasteiger partial charge on any atom is -0.354 e. The van der Waals surface area contributed by atoms with Crippen LogP contribution in [0.3, 0.4) is 0 Å². The third-order valence-corrected chi connectivity index (χ3v) is 4.65. The Morgan fingerprint density at radius 1 is 1.23 bits per heavy atom. The van der Waals surface area contributed by atoms with Gasteiger partial charge in [-0.3, -0.25) is 9.59 Å². The number of aromatic nitrogens is 5. The zero-order valence-corrected chi connectivity index (χ0v) is 14.3. The maximum Gasteiger partial charge on any atom is 0.266 e. The van der Waals surface area contributed by atoms with E-state index in [4.69, 9.17) is 0 Å². The molecule has 0 radical (unpaired) electrons. The molecule has 0 saturated carbocycles. The Kier molecular flexibility index (Phi) is 4.11. The third-order valence-electron chi connectivity index (χ3n) is 4.65. The van der Waals surface area contributed by atoms with Crippen LogP contribution in [0.2, 0.25) is 0 Å². The number of carbonyl (C=O) groups excluding carboxylic acids is 1. The van der Waals surface area contributed by atoms with Gasteiger partial charge in [0, 0.05) is 31.9 Å². The molecule has 26 heavy (non-hydrogen) atoms. The summed E-state index contributed by atoms with van der Waals surface area (Å²) < 4.78 is 1.31. The second kappa shape index (κ2) is 6.58. The molecule has 3 aromatic rings. The molecule has 0 bridgehead atoms. The minimum atomic E-state index is -0.150. The first-order valence-corrected chi connectivity index (χ1v) is 8.51. The summed E-state index contributed by atoms with van der Waals surface area (Å²) >= 11 is 0. The first-order chi connectivity index (χ1) is 12.6. The molecule has 2 N–H and O–H groups in total. The van der Waals surface area contributed by atoms with E-state index in [0.717, 1.165) is 24.9 Å². The number of nitrogens with one attached hydrogen (secondary N) is 2. The monoisotopic (exact) mass is 353 g/mol. The molecule has 1 aromatic carbocycles. The van der Waals surface area contributed by atoms with Gasteiger partial charge in [-0.1, -0.05) is 0 Å². The lowest BCUT2D eigenvalue weighted by atomic mass is 9.97. The van der Waals surface area contributed by atoms with Gasteiger partial charge in [-0.05, 0) is 37.1 Å². The van der Waals surface area contributed by atoms with Crippen LogP contribution >= 0.6 is 0 Å². The SMILES string of the molecule is Cn1nc(N2CCC[C@H](C(=O)Nc3ccc4n[nH]nc4c3)C2)ccc1=O. The fourth-order valence-corrected chi connectivity index (χ4v) is 3.22. The molecule has 1 atom stereocenters. The minimum absolute atomic E-state index is 0.0256. The molecule has 4 rings (SSSR count). The highest BCUT2D eigenvalue weighted by Crippen LogP contribution is 2.23. The summed E-state index contributed by atoms with van der Waals surface area (Å²) in [5, 5.41) is 17.8. The van der Waals surface area contributed by atoms with Gasteiger partial charge in [-0.15, -0.1) is 0 Å². The van der Waals surface area contributed by atoms with Crippen molar-refractivity contribution < 1.29 is 4.79 Å². The standard InChI is InChI=1S/C17H19N7O2/c1-23-16(25)7-6-15(21-23)24-8-2-3-11(10-24)17(26)18-12-4-5-13-14(9-12)20-22-19-13/h4-7,9,11H,2-3,8,10H2,1H3,(H,18,26)(H,19,20,22)/t11-/m0/s1. The molecular formula is C17H19N7O2. The summed E-state index contributed by atoms with van der Waals surface area (Å²) in [6, 6.07) is 8.64. The number of piperidine rings is 1. The van der Waals surface area contributed by atoms with Crippen LogP contribution in [0.4, 0.5) is 11.5 Å². The molecule has 9 heteroatoms. The van der Waals surface area contributed by atoms with Gasteiger partial charge in [0.2, 0.25) is 5.91 Å². The van der Waals surface area contributed by atoms with Gasteiger partial charge in [-0.25, -0.2) is 4.68 Å². The zero-order chi connectivity index (χ0) is 18.1. The summed E-state index contributed by atoms with van der Waals surface area (Å²) in [5.41, 5.74) is 2.02. The molecule has 2 aromatic heterocycles. The number of hydrogen-bond donors (Lipinski definition) is 2. The van der Waals surface area contributed by atoms with Gasteiger partial charge in [0.1, 0.15) is 16.9 Å². The lowest BCUT2D eigenvalue weighted by Gasteiger charge is -2.32. The first kappa shape index (κ1) is 16.2. The van der Waals surface area contributed by atoms with Gasteiger partial charge < -0.3 is 10.2 Å². The lowest BCUT2D eigenvalue weighted by molar-refractivity contribution is -0.120. The fourth-order valence-electron chi connectivity index (χ4n) is 3.22. The normalized spacial score (nSPS) is 17.4. The number of anilines is 2. The summed E-state index contributed by atoms with van der Waals surface area (Å²) in [7, 11) is 1.63. The van der Waals surface area contributed by atoms with Gasteiger partial charge in [0.25, 0.3) is 5.56 Å². The molecule has 1 amide bonds. The highest BCUT2D eigenvalue weighted by Gasteiger charge is 2.27. The first-order valence-electron chi connectivity index (χ1n) is 8.51. The van der Waals surface area contributed by atoms with Crippen molar-refractivity contribution in [3.63, 3.8) is 0 Å². The van der Waals surface area contributed by atoms with Crippen LogP contribution in [0.5, 0.6) is 0 Å². The molecular weight excluding hydrogens is 334 g/mol. The number of aromatic amines is 1. The molecule has 0 unspecified atom stereocenters. The average Bonchev–Trinajstić information content (AvgIpc) is 3.12. The van der Waals surface area contributed by atoms with E-state index in [1.807, 2.05) is 17.0 Å². The molecule has 0 aliphatic carbocycles. The van der Waals surface area contributed by atoms with Crippen molar-refractivity contribution in [1.29, 1.82) is 0 Å². The molecule has 1 aliphatic heterocycles. The summed E-state index contributed by atoms with van der Waals surface area (Å²) in [6.45, 7) is 1.39. The Bertz CT molecular complexity index is 1010. The Balaban J connectivity index is 1.47. The van der Waals surface area contributed by atoms with Crippen molar-refractivity contribution >= 4 is 28.4 Å². The van der Waals surface area contributed by atoms with E-state index < -0.39 is 0 Å². The van der Waals surface area contributed by atoms with Crippen LogP contribution in [0, 0.1) is 5.92 Å². The van der Waals surface area contributed by atoms with E-state index in [0.29, 0.717) is 23.6 Å². The Hall–Kier alpha value is -3.23. The molecule has 1 aliphatic rings. The van der Waals surface area contributed by atoms with Gasteiger partial charge in [0.05, 0.1) is 5.92 Å². The van der Waals surface area contributed by atoms with E-state index in [-0.39, 0.29) is 17.4 Å². The van der Waals surface area contributed by atoms with Gasteiger partial charge in [-0.2, -0.15) is 20.5 Å². The van der Waals surface area contributed by atoms with E-state index in [1.165, 1.54) is 10.7 Å². The van der Waals surface area contributed by atoms with Crippen LogP contribution in [-0.2, 0) is 11.8 Å². The molecule has 3 heterocycles. The van der Waals surface area contributed by atoms with Crippen LogP contribution in [0.1, 0.15) is 12.8 Å². The second-order valence-electron chi connectivity index (χ2n) is 6.45. The number of aryl methyl sites for hydroxylation is 1. The Labute approximate surface area is 149 Å². The van der Waals surface area contributed by atoms with Crippen molar-refractivity contribution in [3.8, 4) is 0 Å². The third kappa shape index (κ3) is 3.15. The van der Waals surface area contributed by atoms with Gasteiger partial charge in [0.15, 0.2) is 0 Å². The van der Waals surface area contributed by atoms with E-state index >= 15 is 0 Å². The lowest BCUT2D eigenvalue weighted by Crippen LogP contribution is -2.41. The summed E-state index contributed by atoms with van der Waals surface area (Å²) in [6.07, 6.45) is 1.71. The van der Waals surface area contributed by atoms with E-state index in [2.05, 4.69) is 25.8 Å². The number of benzene rings is 1. The number of amides is 1. The van der Waals surface area contributed by atoms with Crippen LogP contribution < -0.4 is 15.8 Å². The second-order valence-corrected chi connectivity index (χ2v) is 6.45. The number of rotatable bonds is 3. The zero-order valence-electron chi connectivity index (χ0n) is 14.3. The van der Waals surface area contributed by atoms with E-state index in [9.17, 15) is 9.59 Å². The number of nitrogens with zero attached hydrogens (tertiary/aromatic N) is 5. The Morgan fingerprint density at radius 3 is 2.92 bits per heavy atom. The van der Waals surface area contributed by atoms with Crippen molar-refractivity contribution in [2.75, 3.05) is 23.3 Å². The Morgan fingerprint density at radius 2 is 2.08 bits per heavy atom. The van der Waals surface area contributed by atoms with Crippen LogP contribution in [0.25, 0.3) is 11.0 Å². The molecule has 9 nitrogen and oxygen atoms in total. The van der Waals surface area contributed by atoms with Crippen molar-refractivity contribution in [3.05, 3.63) is 40.7 Å². The quantitative estimate of drug-likeness (QED) is 0.724. The van der Waals surface area contributed by atoms with Crippen molar-refractivity contribution in [2.24, 2.45) is 13.0 Å². The average molecular weight is 353 g/mol. The molecule has 1 saturated heterocycles. The number of fused-ring (bicyclic) bond motifs is 1. The van der Waals surface area contributed by atoms with E-state index in [1.54, 1.807) is 19.2 Å². The van der Waals surface area contributed by atoms with Crippen molar-refractivity contribution in [2.45, 2.75) is 12.8 Å². The number of hydrogen-bond acceptors (Lipinski definition) is 6. The topological polar surface area (TPSA) is 109 Å². The highest BCUT2D eigenvalue weighted by molar-refractivity contribution is 5.94. The number of H-pyrrole nitrogens is 1. The van der Waals surface area contributed by atoms with Crippen LogP contribution in [-0.4, -0.2) is 44.2 Å². The predicted molar refractivity (Wildman–Crippen MR) is 96.9 cm³/mol. The predicted octanol–water partition coefficient (Wildman–Crippen LogP) is 0.907. The summed E-state index contributed by atoms with van der Waals surface area (Å²) in [4.78, 5) is 26.2. The molecule has 0 spiro atoms. The highest BCUT2D eigenvalue weighted by atomic mass is 16.2. The van der Waals surface area contributed by atoms with Crippen LogP contribution in [0.15, 0.2) is 35.1 Å².